The second-order valence-electron chi connectivity index (χ2n) is 5.21. The van der Waals surface area contributed by atoms with Crippen LogP contribution >= 0.6 is 0 Å². The van der Waals surface area contributed by atoms with E-state index < -0.39 is 11.4 Å². The van der Waals surface area contributed by atoms with Crippen molar-refractivity contribution in [3.05, 3.63) is 24.0 Å². The Morgan fingerprint density at radius 1 is 1.42 bits per heavy atom. The van der Waals surface area contributed by atoms with E-state index in [-0.39, 0.29) is 5.91 Å². The van der Waals surface area contributed by atoms with Gasteiger partial charge in [0.05, 0.1) is 5.41 Å². The summed E-state index contributed by atoms with van der Waals surface area (Å²) in [4.78, 5) is 28.2. The molecule has 0 aromatic carbocycles. The molecular weight excluding hydrogens is 244 g/mol. The first-order valence-corrected chi connectivity index (χ1v) is 6.75. The van der Waals surface area contributed by atoms with Crippen molar-refractivity contribution in [3.8, 4) is 0 Å². The second kappa shape index (κ2) is 5.47. The molecule has 5 nitrogen and oxygen atoms in total. The average molecular weight is 264 g/mol. The molecule has 0 atom stereocenters. The molecule has 1 aliphatic rings. The molecule has 0 saturated carbocycles. The number of rotatable bonds is 4. The van der Waals surface area contributed by atoms with Crippen molar-refractivity contribution in [2.45, 2.75) is 32.6 Å². The minimum absolute atomic E-state index is 0.0412. The van der Waals surface area contributed by atoms with Gasteiger partial charge in [-0.15, -0.1) is 0 Å². The van der Waals surface area contributed by atoms with Gasteiger partial charge in [0.1, 0.15) is 5.69 Å². The monoisotopic (exact) mass is 264 g/mol. The van der Waals surface area contributed by atoms with Gasteiger partial charge in [-0.05, 0) is 31.4 Å². The third-order valence-corrected chi connectivity index (χ3v) is 4.02. The van der Waals surface area contributed by atoms with Gasteiger partial charge in [-0.2, -0.15) is 0 Å². The zero-order valence-electron chi connectivity index (χ0n) is 11.2. The number of nitrogens with zero attached hydrogens (tertiary/aromatic N) is 1. The van der Waals surface area contributed by atoms with E-state index in [0.717, 1.165) is 6.42 Å². The fourth-order valence-electron chi connectivity index (χ4n) is 2.82. The molecule has 1 aliphatic heterocycles. The van der Waals surface area contributed by atoms with E-state index in [1.165, 1.54) is 0 Å². The average Bonchev–Trinajstić information content (AvgIpc) is 2.93. The Balaban J connectivity index is 2.02. The van der Waals surface area contributed by atoms with Gasteiger partial charge in [-0.3, -0.25) is 9.59 Å². The summed E-state index contributed by atoms with van der Waals surface area (Å²) in [6.45, 7) is 3.04. The van der Waals surface area contributed by atoms with Crippen molar-refractivity contribution >= 4 is 11.9 Å². The van der Waals surface area contributed by atoms with Crippen LogP contribution in [-0.2, 0) is 4.79 Å². The van der Waals surface area contributed by atoms with E-state index >= 15 is 0 Å². The zero-order valence-corrected chi connectivity index (χ0v) is 11.2. The first-order valence-electron chi connectivity index (χ1n) is 6.75. The van der Waals surface area contributed by atoms with Crippen LogP contribution < -0.4 is 0 Å². The lowest BCUT2D eigenvalue weighted by atomic mass is 9.75. The number of aliphatic carboxylic acids is 1. The molecule has 0 aliphatic carbocycles. The van der Waals surface area contributed by atoms with Crippen LogP contribution in [0.3, 0.4) is 0 Å². The molecule has 2 heterocycles. The minimum atomic E-state index is -0.721. The molecule has 1 aromatic rings. The number of H-pyrrole nitrogens is 1. The summed E-state index contributed by atoms with van der Waals surface area (Å²) in [6.07, 6.45) is 4.35. The largest absolute Gasteiger partial charge is 0.481 e. The molecule has 1 saturated heterocycles. The molecule has 2 rings (SSSR count). The molecule has 0 radical (unpaired) electrons. The quantitative estimate of drug-likeness (QED) is 0.874. The highest BCUT2D eigenvalue weighted by Crippen LogP contribution is 2.36. The fraction of sp³-hybridized carbons (Fsp3) is 0.571. The molecule has 104 valence electrons. The predicted octanol–water partition coefficient (Wildman–Crippen LogP) is 2.12. The summed E-state index contributed by atoms with van der Waals surface area (Å²) in [5.41, 5.74) is -0.0697. The number of aromatic nitrogens is 1. The second-order valence-corrected chi connectivity index (χ2v) is 5.21. The van der Waals surface area contributed by atoms with Crippen LogP contribution in [-0.4, -0.2) is 40.0 Å². The van der Waals surface area contributed by atoms with Crippen molar-refractivity contribution in [1.82, 2.24) is 9.88 Å². The third kappa shape index (κ3) is 2.64. The molecule has 0 bridgehead atoms. The Bertz CT molecular complexity index is 445. The molecule has 5 heteroatoms. The van der Waals surface area contributed by atoms with Crippen LogP contribution in [0, 0.1) is 5.41 Å². The number of nitrogens with one attached hydrogen (secondary N) is 1. The Morgan fingerprint density at radius 2 is 2.11 bits per heavy atom. The number of carbonyl (C=O) groups is 2. The van der Waals surface area contributed by atoms with Crippen LogP contribution in [0.4, 0.5) is 0 Å². The van der Waals surface area contributed by atoms with Crippen molar-refractivity contribution in [2.24, 2.45) is 5.41 Å². The fourth-order valence-corrected chi connectivity index (χ4v) is 2.82. The number of aromatic amines is 1. The predicted molar refractivity (Wildman–Crippen MR) is 70.9 cm³/mol. The first kappa shape index (κ1) is 13.6. The molecule has 0 unspecified atom stereocenters. The van der Waals surface area contributed by atoms with E-state index in [9.17, 15) is 14.7 Å². The van der Waals surface area contributed by atoms with E-state index in [0.29, 0.717) is 38.0 Å². The lowest BCUT2D eigenvalue weighted by molar-refractivity contribution is -0.152. The number of likely N-dealkylation sites (tertiary alicyclic amines) is 1. The van der Waals surface area contributed by atoms with Crippen molar-refractivity contribution in [2.75, 3.05) is 13.1 Å². The summed E-state index contributed by atoms with van der Waals surface area (Å²) in [7, 11) is 0. The van der Waals surface area contributed by atoms with Gasteiger partial charge in [-0.1, -0.05) is 13.3 Å². The Labute approximate surface area is 112 Å². The Hall–Kier alpha value is -1.78. The van der Waals surface area contributed by atoms with Gasteiger partial charge in [-0.25, -0.2) is 0 Å². The summed E-state index contributed by atoms with van der Waals surface area (Å²) in [6, 6.07) is 3.53. The SMILES string of the molecule is CCCC1(C(=O)O)CCN(C(=O)c2ccc[nH]2)CC1. The highest BCUT2D eigenvalue weighted by atomic mass is 16.4. The van der Waals surface area contributed by atoms with E-state index in [1.807, 2.05) is 6.92 Å². The molecule has 19 heavy (non-hydrogen) atoms. The highest BCUT2D eigenvalue weighted by molar-refractivity contribution is 5.92. The lowest BCUT2D eigenvalue weighted by Crippen LogP contribution is -2.46. The van der Waals surface area contributed by atoms with E-state index in [1.54, 1.807) is 23.2 Å². The van der Waals surface area contributed by atoms with Gasteiger partial charge >= 0.3 is 5.97 Å². The van der Waals surface area contributed by atoms with Gasteiger partial charge in [0.25, 0.3) is 5.91 Å². The summed E-state index contributed by atoms with van der Waals surface area (Å²) < 4.78 is 0. The molecular formula is C14H20N2O3. The van der Waals surface area contributed by atoms with Crippen LogP contribution in [0.2, 0.25) is 0 Å². The maximum absolute atomic E-state index is 12.1. The lowest BCUT2D eigenvalue weighted by Gasteiger charge is -2.38. The maximum atomic E-state index is 12.1. The number of hydrogen-bond acceptors (Lipinski definition) is 2. The third-order valence-electron chi connectivity index (χ3n) is 4.02. The van der Waals surface area contributed by atoms with Crippen LogP contribution in [0.25, 0.3) is 0 Å². The minimum Gasteiger partial charge on any atom is -0.481 e. The van der Waals surface area contributed by atoms with Crippen molar-refractivity contribution in [3.63, 3.8) is 0 Å². The zero-order chi connectivity index (χ0) is 13.9. The van der Waals surface area contributed by atoms with Crippen molar-refractivity contribution in [1.29, 1.82) is 0 Å². The number of carbonyl (C=O) groups excluding carboxylic acids is 1. The summed E-state index contributed by atoms with van der Waals surface area (Å²) in [5, 5.41) is 9.42. The topological polar surface area (TPSA) is 73.4 Å². The number of amides is 1. The molecule has 2 N–H and O–H groups in total. The molecule has 1 fully saturated rings. The van der Waals surface area contributed by atoms with E-state index in [2.05, 4.69) is 4.98 Å². The van der Waals surface area contributed by atoms with Crippen molar-refractivity contribution < 1.29 is 14.7 Å². The number of hydrogen-bond donors (Lipinski definition) is 2. The summed E-state index contributed by atoms with van der Waals surface area (Å²) in [5.74, 6) is -0.762. The van der Waals surface area contributed by atoms with Crippen LogP contribution in [0.15, 0.2) is 18.3 Å². The Kier molecular flexibility index (Phi) is 3.93. The van der Waals surface area contributed by atoms with E-state index in [4.69, 9.17) is 0 Å². The standard InChI is InChI=1S/C14H20N2O3/c1-2-5-14(13(18)19)6-9-16(10-7-14)12(17)11-4-3-8-15-11/h3-4,8,15H,2,5-7,9-10H2,1H3,(H,18,19). The smallest absolute Gasteiger partial charge is 0.309 e. The number of carboxylic acid groups (broad SMARTS) is 1. The van der Waals surface area contributed by atoms with Gasteiger partial charge in [0, 0.05) is 19.3 Å². The first-order chi connectivity index (χ1) is 9.09. The number of carboxylic acids is 1. The summed E-state index contributed by atoms with van der Waals surface area (Å²) >= 11 is 0. The van der Waals surface area contributed by atoms with Crippen LogP contribution in [0.1, 0.15) is 43.1 Å². The highest BCUT2D eigenvalue weighted by Gasteiger charge is 2.41. The van der Waals surface area contributed by atoms with Gasteiger partial charge < -0.3 is 15.0 Å². The van der Waals surface area contributed by atoms with Gasteiger partial charge in [0.15, 0.2) is 0 Å². The molecule has 0 spiro atoms. The molecule has 1 amide bonds. The number of piperidine rings is 1. The van der Waals surface area contributed by atoms with Crippen LogP contribution in [0.5, 0.6) is 0 Å². The Morgan fingerprint density at radius 3 is 2.58 bits per heavy atom. The normalized spacial score (nSPS) is 18.3. The molecule has 1 aromatic heterocycles. The maximum Gasteiger partial charge on any atom is 0.309 e. The van der Waals surface area contributed by atoms with Gasteiger partial charge in [0.2, 0.25) is 0 Å².